The highest BCUT2D eigenvalue weighted by Gasteiger charge is 2.19. The summed E-state index contributed by atoms with van der Waals surface area (Å²) < 4.78 is 12.3. The molecule has 0 fully saturated rings. The Morgan fingerprint density at radius 1 is 0.947 bits per heavy atom. The average molecular weight is 515 g/mol. The number of aryl methyl sites for hydroxylation is 1. The zero-order valence-electron chi connectivity index (χ0n) is 22.3. The second kappa shape index (κ2) is 12.5. The van der Waals surface area contributed by atoms with Gasteiger partial charge in [0.2, 0.25) is 5.91 Å². The summed E-state index contributed by atoms with van der Waals surface area (Å²) in [4.78, 5) is 42.4. The smallest absolute Gasteiger partial charge is 0.305 e. The van der Waals surface area contributed by atoms with Crippen molar-refractivity contribution in [3.63, 3.8) is 0 Å². The third-order valence-corrected chi connectivity index (χ3v) is 6.67. The summed E-state index contributed by atoms with van der Waals surface area (Å²) in [6.07, 6.45) is 4.23. The molecule has 0 radical (unpaired) electrons. The molecule has 0 atom stereocenters. The van der Waals surface area contributed by atoms with E-state index in [-0.39, 0.29) is 11.9 Å². The first-order valence-corrected chi connectivity index (χ1v) is 13.2. The van der Waals surface area contributed by atoms with Crippen LogP contribution < -0.4 is 10.3 Å². The number of hydrogen-bond donors (Lipinski definition) is 0. The summed E-state index contributed by atoms with van der Waals surface area (Å²) in [6, 6.07) is 17.4. The third kappa shape index (κ3) is 6.10. The molecule has 0 saturated carbocycles. The standard InChI is InChI=1S/C31H34N2O5/c1-4-37-29(35)17-7-5-6-12-18-38-28-20-27-30(25-16-11-10-15-24(25)28)32-26(31(36)33(27)22(3)34)19-23-14-9-8-13-21(23)2/h8-11,13-16,20H,4-7,12,17-19H2,1-3H3. The summed E-state index contributed by atoms with van der Waals surface area (Å²) in [6.45, 7) is 6.09. The maximum atomic E-state index is 13.4. The number of ether oxygens (including phenoxy) is 2. The fourth-order valence-corrected chi connectivity index (χ4v) is 4.70. The predicted molar refractivity (Wildman–Crippen MR) is 149 cm³/mol. The van der Waals surface area contributed by atoms with E-state index in [9.17, 15) is 14.4 Å². The Morgan fingerprint density at radius 2 is 1.66 bits per heavy atom. The molecule has 0 aliphatic carbocycles. The number of aromatic nitrogens is 2. The second-order valence-electron chi connectivity index (χ2n) is 9.43. The molecule has 0 saturated heterocycles. The lowest BCUT2D eigenvalue weighted by Crippen LogP contribution is -2.29. The van der Waals surface area contributed by atoms with Gasteiger partial charge in [-0.2, -0.15) is 0 Å². The molecule has 7 heteroatoms. The highest BCUT2D eigenvalue weighted by molar-refractivity contribution is 6.08. The first kappa shape index (κ1) is 27.0. The molecule has 0 bridgehead atoms. The molecule has 0 amide bonds. The Labute approximate surface area is 222 Å². The Bertz CT molecular complexity index is 1520. The molecule has 7 nitrogen and oxygen atoms in total. The van der Waals surface area contributed by atoms with Crippen molar-refractivity contribution in [2.75, 3.05) is 13.2 Å². The van der Waals surface area contributed by atoms with Gasteiger partial charge in [-0.3, -0.25) is 14.4 Å². The summed E-state index contributed by atoms with van der Waals surface area (Å²) in [7, 11) is 0. The summed E-state index contributed by atoms with van der Waals surface area (Å²) >= 11 is 0. The minimum atomic E-state index is -0.406. The van der Waals surface area contributed by atoms with Crippen LogP contribution in [0.3, 0.4) is 0 Å². The Morgan fingerprint density at radius 3 is 2.39 bits per heavy atom. The van der Waals surface area contributed by atoms with Crippen LogP contribution in [0.1, 0.15) is 67.6 Å². The van der Waals surface area contributed by atoms with Crippen LogP contribution in [0.25, 0.3) is 21.8 Å². The van der Waals surface area contributed by atoms with Gasteiger partial charge in [-0.15, -0.1) is 0 Å². The fraction of sp³-hybridized carbons (Fsp3) is 0.355. The van der Waals surface area contributed by atoms with Crippen LogP contribution >= 0.6 is 0 Å². The van der Waals surface area contributed by atoms with Gasteiger partial charge in [0.15, 0.2) is 0 Å². The van der Waals surface area contributed by atoms with Crippen LogP contribution in [-0.4, -0.2) is 34.6 Å². The summed E-state index contributed by atoms with van der Waals surface area (Å²) in [5.41, 5.74) is 3.04. The van der Waals surface area contributed by atoms with E-state index in [2.05, 4.69) is 0 Å². The van der Waals surface area contributed by atoms with Crippen molar-refractivity contribution >= 4 is 33.7 Å². The minimum absolute atomic E-state index is 0.154. The molecule has 4 aromatic rings. The molecule has 0 N–H and O–H groups in total. The van der Waals surface area contributed by atoms with Gasteiger partial charge in [0.05, 0.1) is 24.2 Å². The highest BCUT2D eigenvalue weighted by atomic mass is 16.5. The number of carbonyl (C=O) groups excluding carboxylic acids is 2. The topological polar surface area (TPSA) is 87.5 Å². The normalized spacial score (nSPS) is 11.1. The monoisotopic (exact) mass is 514 g/mol. The van der Waals surface area contributed by atoms with E-state index >= 15 is 0 Å². The van der Waals surface area contributed by atoms with Crippen molar-refractivity contribution in [2.24, 2.45) is 0 Å². The van der Waals surface area contributed by atoms with Gasteiger partial charge in [0, 0.05) is 36.6 Å². The summed E-state index contributed by atoms with van der Waals surface area (Å²) in [5.74, 6) is 0.0947. The second-order valence-corrected chi connectivity index (χ2v) is 9.43. The van der Waals surface area contributed by atoms with Crippen LogP contribution in [0.2, 0.25) is 0 Å². The molecule has 1 heterocycles. The SMILES string of the molecule is CCOC(=O)CCCCCCOc1cc2c(nc(Cc3ccccc3C)c(=O)n2C(C)=O)c2ccccc12. The molecule has 3 aromatic carbocycles. The van der Waals surface area contributed by atoms with Crippen molar-refractivity contribution in [3.05, 3.63) is 81.8 Å². The van der Waals surface area contributed by atoms with E-state index in [0.717, 1.165) is 47.6 Å². The lowest BCUT2D eigenvalue weighted by molar-refractivity contribution is -0.143. The zero-order valence-corrected chi connectivity index (χ0v) is 22.3. The minimum Gasteiger partial charge on any atom is -0.493 e. The number of esters is 1. The molecule has 0 unspecified atom stereocenters. The van der Waals surface area contributed by atoms with E-state index in [1.165, 1.54) is 11.5 Å². The Balaban J connectivity index is 1.62. The number of rotatable bonds is 11. The van der Waals surface area contributed by atoms with E-state index in [1.54, 1.807) is 6.07 Å². The maximum Gasteiger partial charge on any atom is 0.305 e. The van der Waals surface area contributed by atoms with Gasteiger partial charge >= 0.3 is 5.97 Å². The van der Waals surface area contributed by atoms with Crippen molar-refractivity contribution in [2.45, 2.75) is 59.3 Å². The van der Waals surface area contributed by atoms with E-state index in [1.807, 2.05) is 62.4 Å². The number of fused-ring (bicyclic) bond motifs is 3. The summed E-state index contributed by atoms with van der Waals surface area (Å²) in [5, 5.41) is 1.71. The van der Waals surface area contributed by atoms with E-state index in [4.69, 9.17) is 14.5 Å². The van der Waals surface area contributed by atoms with Crippen molar-refractivity contribution < 1.29 is 19.1 Å². The van der Waals surface area contributed by atoms with Crippen LogP contribution in [0.5, 0.6) is 5.75 Å². The Hall–Kier alpha value is -4.00. The first-order valence-electron chi connectivity index (χ1n) is 13.2. The van der Waals surface area contributed by atoms with Crippen molar-refractivity contribution in [1.29, 1.82) is 0 Å². The maximum absolute atomic E-state index is 13.4. The van der Waals surface area contributed by atoms with Gasteiger partial charge in [-0.05, 0) is 37.8 Å². The number of benzene rings is 3. The highest BCUT2D eigenvalue weighted by Crippen LogP contribution is 2.32. The average Bonchev–Trinajstić information content (AvgIpc) is 2.90. The number of unbranched alkanes of at least 4 members (excludes halogenated alkanes) is 3. The first-order chi connectivity index (χ1) is 18.4. The van der Waals surface area contributed by atoms with Crippen LogP contribution in [0, 0.1) is 6.92 Å². The van der Waals surface area contributed by atoms with Crippen LogP contribution in [0.4, 0.5) is 0 Å². The fourth-order valence-electron chi connectivity index (χ4n) is 4.70. The van der Waals surface area contributed by atoms with E-state index in [0.29, 0.717) is 48.5 Å². The van der Waals surface area contributed by atoms with Crippen LogP contribution in [0.15, 0.2) is 59.4 Å². The number of nitrogens with zero attached hydrogens (tertiary/aromatic N) is 2. The van der Waals surface area contributed by atoms with Gasteiger partial charge < -0.3 is 9.47 Å². The van der Waals surface area contributed by atoms with E-state index < -0.39 is 5.56 Å². The van der Waals surface area contributed by atoms with Gasteiger partial charge in [-0.25, -0.2) is 9.55 Å². The molecule has 4 rings (SSSR count). The van der Waals surface area contributed by atoms with Gasteiger partial charge in [-0.1, -0.05) is 61.4 Å². The number of carbonyl (C=O) groups is 2. The molecule has 0 aliphatic heterocycles. The molecule has 38 heavy (non-hydrogen) atoms. The molecule has 198 valence electrons. The van der Waals surface area contributed by atoms with Gasteiger partial charge in [0.1, 0.15) is 11.4 Å². The lowest BCUT2D eigenvalue weighted by atomic mass is 10.0. The largest absolute Gasteiger partial charge is 0.493 e. The molecular formula is C31H34N2O5. The molecule has 0 aliphatic rings. The Kier molecular flexibility index (Phi) is 8.89. The van der Waals surface area contributed by atoms with Crippen LogP contribution in [-0.2, 0) is 16.0 Å². The quantitative estimate of drug-likeness (QED) is 0.139. The molecular weight excluding hydrogens is 480 g/mol. The van der Waals surface area contributed by atoms with Crippen molar-refractivity contribution in [3.8, 4) is 5.75 Å². The van der Waals surface area contributed by atoms with Crippen molar-refractivity contribution in [1.82, 2.24) is 9.55 Å². The molecule has 1 aromatic heterocycles. The third-order valence-electron chi connectivity index (χ3n) is 6.67. The predicted octanol–water partition coefficient (Wildman–Crippen LogP) is 6.00. The zero-order chi connectivity index (χ0) is 27.1. The lowest BCUT2D eigenvalue weighted by Gasteiger charge is -2.15. The van der Waals surface area contributed by atoms with Gasteiger partial charge in [0.25, 0.3) is 5.56 Å². The molecule has 0 spiro atoms. The number of hydrogen-bond acceptors (Lipinski definition) is 6.